The smallest absolute Gasteiger partial charge is 0.337 e. The number of rotatable bonds is 6. The number of aryl methyl sites for hydroxylation is 1. The van der Waals surface area contributed by atoms with Gasteiger partial charge in [0.05, 0.1) is 21.5 Å². The summed E-state index contributed by atoms with van der Waals surface area (Å²) in [5.41, 5.74) is -1.04. The molecule has 2 aromatic rings. The third-order valence-electron chi connectivity index (χ3n) is 6.31. The second kappa shape index (κ2) is 10.9. The molecule has 0 unspecified atom stereocenters. The zero-order valence-electron chi connectivity index (χ0n) is 20.4. The first-order valence-corrected chi connectivity index (χ1v) is 13.5. The number of nitrogens with zero attached hydrogens (tertiary/aromatic N) is 3. The third-order valence-corrected chi connectivity index (χ3v) is 8.49. The molecule has 1 saturated carbocycles. The molecule has 2 heterocycles. The number of amides is 3. The van der Waals surface area contributed by atoms with Gasteiger partial charge in [-0.25, -0.2) is 4.98 Å². The zero-order chi connectivity index (χ0) is 26.9. The molecule has 4 rings (SSSR count). The van der Waals surface area contributed by atoms with Crippen molar-refractivity contribution in [3.05, 3.63) is 47.7 Å². The first-order valence-electron chi connectivity index (χ1n) is 11.9. The molecule has 3 amide bonds. The Morgan fingerprint density at radius 1 is 1.24 bits per heavy atom. The molecular formula is C25H27F3N4O3S2. The van der Waals surface area contributed by atoms with Crippen molar-refractivity contribution in [1.29, 1.82) is 0 Å². The molecule has 198 valence electrons. The summed E-state index contributed by atoms with van der Waals surface area (Å²) in [7, 11) is 0. The lowest BCUT2D eigenvalue weighted by Gasteiger charge is -2.29. The molecule has 1 aliphatic carbocycles. The lowest BCUT2D eigenvalue weighted by atomic mass is 10.0. The van der Waals surface area contributed by atoms with Crippen molar-refractivity contribution in [2.75, 3.05) is 25.0 Å². The number of aromatic nitrogens is 1. The fourth-order valence-corrected chi connectivity index (χ4v) is 6.14. The first-order chi connectivity index (χ1) is 17.5. The minimum Gasteiger partial charge on any atom is -0.337 e. The van der Waals surface area contributed by atoms with Crippen LogP contribution in [0.2, 0.25) is 0 Å². The van der Waals surface area contributed by atoms with E-state index < -0.39 is 23.2 Å². The standard InChI is InChI=1S/C25H27F3N4O3S2/c1-4-20(33)32-9-5-8-31(13-15(32)3)23(35)17-11-19(14(2)10-18(17)25(26,27)28)36-21-12-29-24(37-21)30-22(34)16-6-7-16/h4,10-12,15-16H,1,5-9,13H2,2-3H3,(H,29,30,34)/t15-/m1/s1. The van der Waals surface area contributed by atoms with Crippen LogP contribution in [0, 0.1) is 12.8 Å². The van der Waals surface area contributed by atoms with Crippen molar-refractivity contribution in [2.45, 2.75) is 54.4 Å². The summed E-state index contributed by atoms with van der Waals surface area (Å²) in [4.78, 5) is 45.2. The second-order valence-electron chi connectivity index (χ2n) is 9.20. The molecule has 1 aromatic heterocycles. The van der Waals surface area contributed by atoms with Crippen molar-refractivity contribution in [3.63, 3.8) is 0 Å². The van der Waals surface area contributed by atoms with E-state index in [1.807, 2.05) is 0 Å². The SMILES string of the molecule is C=CC(=O)N1CCCN(C(=O)c2cc(Sc3cnc(NC(=O)C4CC4)s3)c(C)cc2C(F)(F)F)C[C@H]1C. The number of hydrogen-bond acceptors (Lipinski definition) is 6. The van der Waals surface area contributed by atoms with Crippen LogP contribution in [0.5, 0.6) is 0 Å². The number of carbonyl (C=O) groups excluding carboxylic acids is 3. The van der Waals surface area contributed by atoms with Gasteiger partial charge in [-0.15, -0.1) is 0 Å². The summed E-state index contributed by atoms with van der Waals surface area (Å²) in [5, 5.41) is 3.19. The second-order valence-corrected chi connectivity index (χ2v) is 11.6. The van der Waals surface area contributed by atoms with Crippen LogP contribution in [0.4, 0.5) is 18.3 Å². The number of carbonyl (C=O) groups is 3. The van der Waals surface area contributed by atoms with Gasteiger partial charge in [0.15, 0.2) is 5.13 Å². The van der Waals surface area contributed by atoms with Crippen LogP contribution in [0.15, 0.2) is 40.1 Å². The molecule has 1 aliphatic heterocycles. The molecule has 1 N–H and O–H groups in total. The molecule has 0 radical (unpaired) electrons. The minimum atomic E-state index is -4.72. The molecule has 0 bridgehead atoms. The summed E-state index contributed by atoms with van der Waals surface area (Å²) >= 11 is 2.43. The van der Waals surface area contributed by atoms with E-state index in [4.69, 9.17) is 0 Å². The van der Waals surface area contributed by atoms with E-state index in [1.165, 1.54) is 40.1 Å². The van der Waals surface area contributed by atoms with Crippen molar-refractivity contribution in [2.24, 2.45) is 5.92 Å². The predicted octanol–water partition coefficient (Wildman–Crippen LogP) is 5.22. The molecule has 1 saturated heterocycles. The fourth-order valence-electron chi connectivity index (χ4n) is 4.20. The average molecular weight is 553 g/mol. The number of hydrogen-bond donors (Lipinski definition) is 1. The van der Waals surface area contributed by atoms with E-state index in [2.05, 4.69) is 16.9 Å². The van der Waals surface area contributed by atoms with Gasteiger partial charge in [-0.1, -0.05) is 29.7 Å². The topological polar surface area (TPSA) is 82.6 Å². The minimum absolute atomic E-state index is 0.0226. The van der Waals surface area contributed by atoms with Gasteiger partial charge < -0.3 is 15.1 Å². The summed E-state index contributed by atoms with van der Waals surface area (Å²) in [6, 6.07) is 1.92. The maximum atomic E-state index is 14.0. The van der Waals surface area contributed by atoms with E-state index in [0.717, 1.165) is 18.9 Å². The molecule has 0 spiro atoms. The van der Waals surface area contributed by atoms with Gasteiger partial charge in [-0.2, -0.15) is 13.2 Å². The van der Waals surface area contributed by atoms with Gasteiger partial charge in [-0.3, -0.25) is 14.4 Å². The molecule has 2 aliphatic rings. The molecule has 37 heavy (non-hydrogen) atoms. The van der Waals surface area contributed by atoms with Gasteiger partial charge >= 0.3 is 6.18 Å². The van der Waals surface area contributed by atoms with Crippen LogP contribution in [-0.4, -0.2) is 58.2 Å². The maximum absolute atomic E-state index is 14.0. The van der Waals surface area contributed by atoms with E-state index >= 15 is 0 Å². The van der Waals surface area contributed by atoms with Gasteiger partial charge in [0, 0.05) is 36.5 Å². The Bertz CT molecular complexity index is 1230. The molecule has 2 fully saturated rings. The molecule has 12 heteroatoms. The Kier molecular flexibility index (Phi) is 7.98. The van der Waals surface area contributed by atoms with Gasteiger partial charge in [0.1, 0.15) is 0 Å². The normalized spacial score (nSPS) is 18.4. The van der Waals surface area contributed by atoms with Crippen LogP contribution in [0.1, 0.15) is 47.7 Å². The number of nitrogens with one attached hydrogen (secondary N) is 1. The predicted molar refractivity (Wildman–Crippen MR) is 136 cm³/mol. The van der Waals surface area contributed by atoms with Crippen LogP contribution in [0.25, 0.3) is 0 Å². The summed E-state index contributed by atoms with van der Waals surface area (Å²) in [6.45, 7) is 7.56. The quantitative estimate of drug-likeness (QED) is 0.497. The molecule has 1 atom stereocenters. The number of halogens is 3. The van der Waals surface area contributed by atoms with E-state index in [1.54, 1.807) is 24.9 Å². The highest BCUT2D eigenvalue weighted by Crippen LogP contribution is 2.41. The monoisotopic (exact) mass is 552 g/mol. The Morgan fingerprint density at radius 2 is 1.97 bits per heavy atom. The van der Waals surface area contributed by atoms with Crippen LogP contribution >= 0.6 is 23.1 Å². The van der Waals surface area contributed by atoms with Crippen LogP contribution in [-0.2, 0) is 15.8 Å². The lowest BCUT2D eigenvalue weighted by molar-refractivity contribution is -0.138. The maximum Gasteiger partial charge on any atom is 0.417 e. The van der Waals surface area contributed by atoms with E-state index in [-0.39, 0.29) is 36.9 Å². The Labute approximate surface area is 221 Å². The summed E-state index contributed by atoms with van der Waals surface area (Å²) in [5.74, 6) is -1.06. The van der Waals surface area contributed by atoms with Crippen LogP contribution in [0.3, 0.4) is 0 Å². The number of thiazole rings is 1. The largest absolute Gasteiger partial charge is 0.417 e. The summed E-state index contributed by atoms with van der Waals surface area (Å²) < 4.78 is 42.6. The van der Waals surface area contributed by atoms with E-state index in [9.17, 15) is 27.6 Å². The van der Waals surface area contributed by atoms with Gasteiger partial charge in [-0.05, 0) is 56.9 Å². The van der Waals surface area contributed by atoms with Gasteiger partial charge in [0.25, 0.3) is 5.91 Å². The van der Waals surface area contributed by atoms with Crippen molar-refractivity contribution >= 4 is 46.0 Å². The highest BCUT2D eigenvalue weighted by Gasteiger charge is 2.38. The highest BCUT2D eigenvalue weighted by molar-refractivity contribution is 8.01. The van der Waals surface area contributed by atoms with Crippen molar-refractivity contribution < 1.29 is 27.6 Å². The van der Waals surface area contributed by atoms with Crippen molar-refractivity contribution in [3.8, 4) is 0 Å². The molecule has 7 nitrogen and oxygen atoms in total. The molecular weight excluding hydrogens is 525 g/mol. The highest BCUT2D eigenvalue weighted by atomic mass is 32.2. The lowest BCUT2D eigenvalue weighted by Crippen LogP contribution is -2.43. The number of benzene rings is 1. The number of anilines is 1. The Morgan fingerprint density at radius 3 is 2.62 bits per heavy atom. The number of alkyl halides is 3. The molecule has 1 aromatic carbocycles. The fraction of sp³-hybridized carbons (Fsp3) is 0.440. The Hall–Kier alpha value is -2.86. The Balaban J connectivity index is 1.59. The first kappa shape index (κ1) is 27.2. The van der Waals surface area contributed by atoms with Crippen LogP contribution < -0.4 is 5.32 Å². The van der Waals surface area contributed by atoms with Gasteiger partial charge in [0.2, 0.25) is 11.8 Å². The summed E-state index contributed by atoms with van der Waals surface area (Å²) in [6.07, 6.45) is 0.198. The average Bonchev–Trinajstić information content (AvgIpc) is 3.63. The zero-order valence-corrected chi connectivity index (χ0v) is 22.1. The third kappa shape index (κ3) is 6.35. The van der Waals surface area contributed by atoms with E-state index in [0.29, 0.717) is 32.8 Å². The van der Waals surface area contributed by atoms with Crippen molar-refractivity contribution in [1.82, 2.24) is 14.8 Å².